The van der Waals surface area contributed by atoms with Gasteiger partial charge in [-0.2, -0.15) is 0 Å². The average Bonchev–Trinajstić information content (AvgIpc) is 2.69. The molecule has 0 saturated heterocycles. The summed E-state index contributed by atoms with van der Waals surface area (Å²) in [6.45, 7) is 2.47. The number of nitrogens with zero attached hydrogens (tertiary/aromatic N) is 1. The van der Waals surface area contributed by atoms with Gasteiger partial charge in [-0.1, -0.05) is 24.3 Å². The number of halogens is 1. The lowest BCUT2D eigenvalue weighted by Crippen LogP contribution is -2.28. The molecule has 2 N–H and O–H groups in total. The maximum atomic E-state index is 13.5. The Labute approximate surface area is 157 Å². The molecule has 138 valence electrons. The molecular weight excluding hydrogens is 345 g/mol. The van der Waals surface area contributed by atoms with Crippen LogP contribution in [-0.4, -0.2) is 11.0 Å². The van der Waals surface area contributed by atoms with Gasteiger partial charge in [-0.15, -0.1) is 0 Å². The molecule has 0 aliphatic carbocycles. The van der Waals surface area contributed by atoms with Crippen molar-refractivity contribution in [3.8, 4) is 5.75 Å². The van der Waals surface area contributed by atoms with Crippen molar-refractivity contribution in [1.29, 1.82) is 0 Å². The number of hydrogen-bond donors (Lipinski definition) is 2. The number of nitrogens with one attached hydrogen (secondary N) is 2. The number of amides is 2. The number of hydrogen-bond acceptors (Lipinski definition) is 3. The molecule has 1 aromatic heterocycles. The number of pyridine rings is 1. The quantitative estimate of drug-likeness (QED) is 0.679. The third-order valence-electron chi connectivity index (χ3n) is 3.93. The molecule has 3 rings (SSSR count). The van der Waals surface area contributed by atoms with Crippen molar-refractivity contribution in [1.82, 2.24) is 10.3 Å². The van der Waals surface area contributed by atoms with Crippen molar-refractivity contribution in [2.45, 2.75) is 20.1 Å². The first kappa shape index (κ1) is 18.4. The number of urea groups is 1. The predicted molar refractivity (Wildman–Crippen MR) is 102 cm³/mol. The maximum absolute atomic E-state index is 13.5. The monoisotopic (exact) mass is 365 g/mol. The van der Waals surface area contributed by atoms with E-state index in [1.807, 2.05) is 36.4 Å². The van der Waals surface area contributed by atoms with Crippen LogP contribution in [0.3, 0.4) is 0 Å². The summed E-state index contributed by atoms with van der Waals surface area (Å²) in [5.74, 6) is 0.386. The van der Waals surface area contributed by atoms with Crippen LogP contribution in [0.4, 0.5) is 14.9 Å². The Morgan fingerprint density at radius 2 is 1.93 bits per heavy atom. The van der Waals surface area contributed by atoms with E-state index >= 15 is 0 Å². The normalized spacial score (nSPS) is 10.3. The van der Waals surface area contributed by atoms with Crippen LogP contribution in [-0.2, 0) is 13.2 Å². The Hall–Kier alpha value is -3.41. The highest BCUT2D eigenvalue weighted by Crippen LogP contribution is 2.15. The summed E-state index contributed by atoms with van der Waals surface area (Å²) in [5.41, 5.74) is 2.86. The standard InChI is InChI=1S/C21H20FN3O2/c1-15-4-7-18(11-20(15)22)25-21(26)24-13-16-5-8-19(9-6-16)27-14-17-3-2-10-23-12-17/h2-12H,13-14H2,1H3,(H2,24,25,26). The van der Waals surface area contributed by atoms with Gasteiger partial charge in [0.25, 0.3) is 0 Å². The second kappa shape index (κ2) is 8.80. The molecule has 0 saturated carbocycles. The summed E-state index contributed by atoms with van der Waals surface area (Å²) in [4.78, 5) is 16.0. The van der Waals surface area contributed by atoms with Gasteiger partial charge in [-0.05, 0) is 48.4 Å². The molecule has 0 bridgehead atoms. The number of ether oxygens (including phenoxy) is 1. The number of rotatable bonds is 6. The van der Waals surface area contributed by atoms with E-state index in [4.69, 9.17) is 4.74 Å². The van der Waals surface area contributed by atoms with Crippen molar-refractivity contribution >= 4 is 11.7 Å². The Morgan fingerprint density at radius 1 is 1.11 bits per heavy atom. The zero-order chi connectivity index (χ0) is 19.1. The van der Waals surface area contributed by atoms with Crippen LogP contribution in [0.25, 0.3) is 0 Å². The predicted octanol–water partition coefficient (Wildman–Crippen LogP) is 4.43. The first-order valence-corrected chi connectivity index (χ1v) is 8.52. The van der Waals surface area contributed by atoms with Crippen molar-refractivity contribution in [2.24, 2.45) is 0 Å². The molecule has 5 nitrogen and oxygen atoms in total. The van der Waals surface area contributed by atoms with Crippen molar-refractivity contribution in [3.63, 3.8) is 0 Å². The van der Waals surface area contributed by atoms with Crippen LogP contribution in [0, 0.1) is 12.7 Å². The number of anilines is 1. The Morgan fingerprint density at radius 3 is 2.63 bits per heavy atom. The Balaban J connectivity index is 1.46. The molecule has 0 aliphatic rings. The van der Waals surface area contributed by atoms with Crippen molar-refractivity contribution in [2.75, 3.05) is 5.32 Å². The molecule has 0 unspecified atom stereocenters. The topological polar surface area (TPSA) is 63.2 Å². The fraction of sp³-hybridized carbons (Fsp3) is 0.143. The van der Waals surface area contributed by atoms with E-state index in [1.54, 1.807) is 31.5 Å². The number of carbonyl (C=O) groups is 1. The van der Waals surface area contributed by atoms with Crippen LogP contribution < -0.4 is 15.4 Å². The zero-order valence-electron chi connectivity index (χ0n) is 14.9. The highest BCUT2D eigenvalue weighted by Gasteiger charge is 2.05. The largest absolute Gasteiger partial charge is 0.489 e. The number of aryl methyl sites for hydroxylation is 1. The van der Waals surface area contributed by atoms with Crippen LogP contribution in [0.1, 0.15) is 16.7 Å². The third kappa shape index (κ3) is 5.54. The van der Waals surface area contributed by atoms with E-state index in [9.17, 15) is 9.18 Å². The number of benzene rings is 2. The molecule has 3 aromatic rings. The Kier molecular flexibility index (Phi) is 5.99. The van der Waals surface area contributed by atoms with Crippen LogP contribution in [0.5, 0.6) is 5.75 Å². The SMILES string of the molecule is Cc1ccc(NC(=O)NCc2ccc(OCc3cccnc3)cc2)cc1F. The molecule has 2 amide bonds. The highest BCUT2D eigenvalue weighted by molar-refractivity contribution is 5.89. The number of aromatic nitrogens is 1. The van der Waals surface area contributed by atoms with Crippen LogP contribution >= 0.6 is 0 Å². The second-order valence-electron chi connectivity index (χ2n) is 6.07. The summed E-state index contributed by atoms with van der Waals surface area (Å²) in [6.07, 6.45) is 3.48. The minimum Gasteiger partial charge on any atom is -0.489 e. The van der Waals surface area contributed by atoms with E-state index in [2.05, 4.69) is 15.6 Å². The molecule has 0 atom stereocenters. The summed E-state index contributed by atoms with van der Waals surface area (Å²) in [5, 5.41) is 5.35. The smallest absolute Gasteiger partial charge is 0.319 e. The van der Waals surface area contributed by atoms with Gasteiger partial charge < -0.3 is 15.4 Å². The summed E-state index contributed by atoms with van der Waals surface area (Å²) in [6, 6.07) is 15.4. The van der Waals surface area contributed by atoms with Gasteiger partial charge in [0.15, 0.2) is 0 Å². The van der Waals surface area contributed by atoms with Crippen LogP contribution in [0.15, 0.2) is 67.0 Å². The first-order valence-electron chi connectivity index (χ1n) is 8.52. The molecule has 0 spiro atoms. The molecule has 6 heteroatoms. The van der Waals surface area contributed by atoms with Crippen molar-refractivity contribution in [3.05, 3.63) is 89.5 Å². The van der Waals surface area contributed by atoms with Crippen LogP contribution in [0.2, 0.25) is 0 Å². The lowest BCUT2D eigenvalue weighted by Gasteiger charge is -2.10. The molecule has 27 heavy (non-hydrogen) atoms. The first-order chi connectivity index (χ1) is 13.1. The van der Waals surface area contributed by atoms with Gasteiger partial charge in [0.1, 0.15) is 18.2 Å². The van der Waals surface area contributed by atoms with Gasteiger partial charge in [0.05, 0.1) is 0 Å². The second-order valence-corrected chi connectivity index (χ2v) is 6.07. The lowest BCUT2D eigenvalue weighted by molar-refractivity contribution is 0.251. The molecule has 1 heterocycles. The molecular formula is C21H20FN3O2. The fourth-order valence-electron chi connectivity index (χ4n) is 2.38. The maximum Gasteiger partial charge on any atom is 0.319 e. The molecule has 2 aromatic carbocycles. The van der Waals surface area contributed by atoms with Crippen molar-refractivity contribution < 1.29 is 13.9 Å². The van der Waals surface area contributed by atoms with Gasteiger partial charge in [-0.25, -0.2) is 9.18 Å². The van der Waals surface area contributed by atoms with E-state index in [0.29, 0.717) is 24.4 Å². The van der Waals surface area contributed by atoms with Gasteiger partial charge >= 0.3 is 6.03 Å². The fourth-order valence-corrected chi connectivity index (χ4v) is 2.38. The molecule has 0 fully saturated rings. The molecule has 0 aliphatic heterocycles. The van der Waals surface area contributed by atoms with Gasteiger partial charge in [0, 0.05) is 30.2 Å². The van der Waals surface area contributed by atoms with E-state index in [0.717, 1.165) is 16.9 Å². The van der Waals surface area contributed by atoms with Gasteiger partial charge in [0.2, 0.25) is 0 Å². The summed E-state index contributed by atoms with van der Waals surface area (Å²) in [7, 11) is 0. The van der Waals surface area contributed by atoms with Gasteiger partial charge in [-0.3, -0.25) is 4.98 Å². The highest BCUT2D eigenvalue weighted by atomic mass is 19.1. The Bertz CT molecular complexity index is 899. The zero-order valence-corrected chi connectivity index (χ0v) is 14.9. The lowest BCUT2D eigenvalue weighted by atomic mass is 10.2. The third-order valence-corrected chi connectivity index (χ3v) is 3.93. The number of carbonyl (C=O) groups excluding carboxylic acids is 1. The minimum atomic E-state index is -0.393. The minimum absolute atomic E-state index is 0.350. The molecule has 0 radical (unpaired) electrons. The van der Waals surface area contributed by atoms with E-state index in [1.165, 1.54) is 6.07 Å². The summed E-state index contributed by atoms with van der Waals surface area (Å²) >= 11 is 0. The van der Waals surface area contributed by atoms with E-state index < -0.39 is 6.03 Å². The summed E-state index contributed by atoms with van der Waals surface area (Å²) < 4.78 is 19.2. The van der Waals surface area contributed by atoms with E-state index in [-0.39, 0.29) is 5.82 Å². The average molecular weight is 365 g/mol.